The molecule has 5 heteroatoms. The van der Waals surface area contributed by atoms with Crippen LogP contribution >= 0.6 is 0 Å². The molecule has 1 rings (SSSR count). The van der Waals surface area contributed by atoms with Crippen molar-refractivity contribution in [2.24, 2.45) is 5.73 Å². The normalized spacial score (nSPS) is 24.6. The predicted molar refractivity (Wildman–Crippen MR) is 52.5 cm³/mol. The number of likely N-dealkylation sites (N-methyl/N-ethyl adjacent to an activating group) is 1. The van der Waals surface area contributed by atoms with Crippen LogP contribution in [0.3, 0.4) is 0 Å². The van der Waals surface area contributed by atoms with Crippen molar-refractivity contribution < 1.29 is 9.59 Å². The molecular weight excluding hydrogens is 182 g/mol. The summed E-state index contributed by atoms with van der Waals surface area (Å²) in [6.07, 6.45) is 1.16. The van der Waals surface area contributed by atoms with Crippen molar-refractivity contribution in [3.8, 4) is 0 Å². The minimum absolute atomic E-state index is 0.000180. The zero-order chi connectivity index (χ0) is 10.7. The van der Waals surface area contributed by atoms with Gasteiger partial charge in [-0.2, -0.15) is 0 Å². The molecule has 0 aliphatic carbocycles. The Morgan fingerprint density at radius 2 is 2.36 bits per heavy atom. The quantitative estimate of drug-likeness (QED) is 0.603. The Hall–Kier alpha value is -1.10. The summed E-state index contributed by atoms with van der Waals surface area (Å²) in [4.78, 5) is 24.4. The van der Waals surface area contributed by atoms with Crippen LogP contribution in [-0.4, -0.2) is 42.4 Å². The second kappa shape index (κ2) is 4.41. The van der Waals surface area contributed by atoms with Crippen molar-refractivity contribution >= 4 is 11.8 Å². The molecule has 3 N–H and O–H groups in total. The third kappa shape index (κ3) is 2.23. The van der Waals surface area contributed by atoms with Crippen molar-refractivity contribution in [2.75, 3.05) is 13.6 Å². The van der Waals surface area contributed by atoms with E-state index in [0.717, 1.165) is 6.42 Å². The summed E-state index contributed by atoms with van der Waals surface area (Å²) in [5, 5.41) is 2.52. The van der Waals surface area contributed by atoms with Crippen LogP contribution in [0.5, 0.6) is 0 Å². The van der Waals surface area contributed by atoms with E-state index in [2.05, 4.69) is 5.32 Å². The lowest BCUT2D eigenvalue weighted by Crippen LogP contribution is -2.54. The second-order valence-corrected chi connectivity index (χ2v) is 3.64. The predicted octanol–water partition coefficient (Wildman–Crippen LogP) is -0.929. The van der Waals surface area contributed by atoms with Crippen LogP contribution in [0, 0.1) is 0 Å². The summed E-state index contributed by atoms with van der Waals surface area (Å²) in [6.45, 7) is 2.20. The number of piperidine rings is 1. The van der Waals surface area contributed by atoms with Gasteiger partial charge in [0.05, 0.1) is 0 Å². The van der Waals surface area contributed by atoms with Gasteiger partial charge < -0.3 is 16.0 Å². The standard InChI is InChI=1S/C9H17N3O2/c1-6(9(14)11-2)12-5-7(10)3-4-8(12)13/h6-7H,3-5,10H2,1-2H3,(H,11,14). The highest BCUT2D eigenvalue weighted by Crippen LogP contribution is 2.13. The van der Waals surface area contributed by atoms with Crippen molar-refractivity contribution in [2.45, 2.75) is 31.8 Å². The first-order valence-corrected chi connectivity index (χ1v) is 4.83. The van der Waals surface area contributed by atoms with Crippen molar-refractivity contribution in [1.29, 1.82) is 0 Å². The Labute approximate surface area is 83.6 Å². The molecule has 1 aliphatic rings. The molecule has 1 heterocycles. The van der Waals surface area contributed by atoms with E-state index in [1.165, 1.54) is 0 Å². The van der Waals surface area contributed by atoms with Crippen molar-refractivity contribution in [3.63, 3.8) is 0 Å². The number of carbonyl (C=O) groups is 2. The van der Waals surface area contributed by atoms with Gasteiger partial charge in [-0.3, -0.25) is 9.59 Å². The number of amides is 2. The van der Waals surface area contributed by atoms with Gasteiger partial charge in [-0.05, 0) is 13.3 Å². The first kappa shape index (κ1) is 11.0. The summed E-state index contributed by atoms with van der Waals surface area (Å²) in [7, 11) is 1.56. The minimum Gasteiger partial charge on any atom is -0.357 e. The minimum atomic E-state index is -0.418. The molecule has 1 fully saturated rings. The topological polar surface area (TPSA) is 75.4 Å². The van der Waals surface area contributed by atoms with E-state index in [0.29, 0.717) is 13.0 Å². The Kier molecular flexibility index (Phi) is 3.46. The molecule has 0 saturated carbocycles. The molecule has 0 bridgehead atoms. The zero-order valence-corrected chi connectivity index (χ0v) is 8.62. The van der Waals surface area contributed by atoms with Crippen LogP contribution in [0.2, 0.25) is 0 Å². The van der Waals surface area contributed by atoms with Gasteiger partial charge in [-0.1, -0.05) is 0 Å². The van der Waals surface area contributed by atoms with Gasteiger partial charge in [0.25, 0.3) is 0 Å². The Bertz CT molecular complexity index is 242. The highest BCUT2D eigenvalue weighted by atomic mass is 16.2. The molecule has 5 nitrogen and oxygen atoms in total. The maximum Gasteiger partial charge on any atom is 0.242 e. The fourth-order valence-electron chi connectivity index (χ4n) is 1.62. The monoisotopic (exact) mass is 199 g/mol. The highest BCUT2D eigenvalue weighted by molar-refractivity contribution is 5.87. The molecule has 0 spiro atoms. The summed E-state index contributed by atoms with van der Waals surface area (Å²) in [5.74, 6) is -0.129. The number of hydrogen-bond acceptors (Lipinski definition) is 3. The first-order valence-electron chi connectivity index (χ1n) is 4.83. The Morgan fingerprint density at radius 3 is 2.93 bits per heavy atom. The maximum atomic E-state index is 11.5. The van der Waals surface area contributed by atoms with Gasteiger partial charge in [0.2, 0.25) is 11.8 Å². The van der Waals surface area contributed by atoms with Gasteiger partial charge in [0.15, 0.2) is 0 Å². The largest absolute Gasteiger partial charge is 0.357 e. The molecule has 0 aromatic rings. The van der Waals surface area contributed by atoms with E-state index >= 15 is 0 Å². The third-order valence-electron chi connectivity index (χ3n) is 2.57. The molecule has 0 aromatic carbocycles. The zero-order valence-electron chi connectivity index (χ0n) is 8.62. The Morgan fingerprint density at radius 1 is 1.71 bits per heavy atom. The number of nitrogens with two attached hydrogens (primary N) is 1. The molecule has 0 aromatic heterocycles. The average Bonchev–Trinajstić information content (AvgIpc) is 2.19. The Balaban J connectivity index is 2.64. The molecule has 2 atom stereocenters. The second-order valence-electron chi connectivity index (χ2n) is 3.64. The third-order valence-corrected chi connectivity index (χ3v) is 2.57. The molecule has 80 valence electrons. The van der Waals surface area contributed by atoms with Crippen molar-refractivity contribution in [1.82, 2.24) is 10.2 Å². The lowest BCUT2D eigenvalue weighted by molar-refractivity contribution is -0.142. The molecule has 1 aliphatic heterocycles. The summed E-state index contributed by atoms with van der Waals surface area (Å²) < 4.78 is 0. The number of likely N-dealkylation sites (tertiary alicyclic amines) is 1. The van der Waals surface area contributed by atoms with Crippen LogP contribution in [-0.2, 0) is 9.59 Å². The highest BCUT2D eigenvalue weighted by Gasteiger charge is 2.30. The van der Waals surface area contributed by atoms with Crippen LogP contribution in [0.25, 0.3) is 0 Å². The van der Waals surface area contributed by atoms with Gasteiger partial charge in [0.1, 0.15) is 6.04 Å². The van der Waals surface area contributed by atoms with E-state index in [1.54, 1.807) is 18.9 Å². The van der Waals surface area contributed by atoms with E-state index in [1.807, 2.05) is 0 Å². The fraction of sp³-hybridized carbons (Fsp3) is 0.778. The summed E-state index contributed by atoms with van der Waals surface area (Å²) in [6, 6.07) is -0.418. The smallest absolute Gasteiger partial charge is 0.242 e. The molecular formula is C9H17N3O2. The van der Waals surface area contributed by atoms with Crippen LogP contribution < -0.4 is 11.1 Å². The van der Waals surface area contributed by atoms with E-state index < -0.39 is 6.04 Å². The molecule has 1 saturated heterocycles. The summed E-state index contributed by atoms with van der Waals surface area (Å²) in [5.41, 5.74) is 5.74. The molecule has 2 unspecified atom stereocenters. The van der Waals surface area contributed by atoms with Gasteiger partial charge in [0, 0.05) is 26.1 Å². The SMILES string of the molecule is CNC(=O)C(C)N1CC(N)CCC1=O. The average molecular weight is 199 g/mol. The number of nitrogens with one attached hydrogen (secondary N) is 1. The van der Waals surface area contributed by atoms with Gasteiger partial charge >= 0.3 is 0 Å². The lowest BCUT2D eigenvalue weighted by Gasteiger charge is -2.34. The molecule has 0 radical (unpaired) electrons. The van der Waals surface area contributed by atoms with Crippen LogP contribution in [0.15, 0.2) is 0 Å². The number of hydrogen-bond donors (Lipinski definition) is 2. The van der Waals surface area contributed by atoms with Crippen LogP contribution in [0.1, 0.15) is 19.8 Å². The number of nitrogens with zero attached hydrogens (tertiary/aromatic N) is 1. The van der Waals surface area contributed by atoms with Crippen molar-refractivity contribution in [3.05, 3.63) is 0 Å². The van der Waals surface area contributed by atoms with E-state index in [-0.39, 0.29) is 17.9 Å². The van der Waals surface area contributed by atoms with E-state index in [4.69, 9.17) is 5.73 Å². The summed E-state index contributed by atoms with van der Waals surface area (Å²) >= 11 is 0. The fourth-order valence-corrected chi connectivity index (χ4v) is 1.62. The lowest BCUT2D eigenvalue weighted by atomic mass is 10.0. The van der Waals surface area contributed by atoms with Gasteiger partial charge in [-0.15, -0.1) is 0 Å². The molecule has 2 amide bonds. The van der Waals surface area contributed by atoms with E-state index in [9.17, 15) is 9.59 Å². The van der Waals surface area contributed by atoms with Gasteiger partial charge in [-0.25, -0.2) is 0 Å². The molecule has 14 heavy (non-hydrogen) atoms. The number of rotatable bonds is 2. The number of carbonyl (C=O) groups excluding carboxylic acids is 2. The van der Waals surface area contributed by atoms with Crippen LogP contribution in [0.4, 0.5) is 0 Å². The first-order chi connectivity index (χ1) is 6.56. The maximum absolute atomic E-state index is 11.5.